The molecule has 10 heteroatoms. The summed E-state index contributed by atoms with van der Waals surface area (Å²) >= 11 is 5.93. The fourth-order valence-electron chi connectivity index (χ4n) is 5.58. The Bertz CT molecular complexity index is 1480. The van der Waals surface area contributed by atoms with E-state index in [2.05, 4.69) is 58.4 Å². The maximum atomic E-state index is 13.4. The maximum Gasteiger partial charge on any atom is 0.243 e. The van der Waals surface area contributed by atoms with Crippen molar-refractivity contribution in [2.75, 3.05) is 19.6 Å². The van der Waals surface area contributed by atoms with Crippen molar-refractivity contribution >= 4 is 33.4 Å². The van der Waals surface area contributed by atoms with Crippen LogP contribution in [0.1, 0.15) is 47.6 Å². The lowest BCUT2D eigenvalue weighted by atomic mass is 9.86. The summed E-state index contributed by atoms with van der Waals surface area (Å²) < 4.78 is 27.8. The zero-order valence-corrected chi connectivity index (χ0v) is 24.4. The van der Waals surface area contributed by atoms with Gasteiger partial charge in [-0.05, 0) is 78.7 Å². The molecule has 3 aromatic rings. The molecular formula is C31H35ClN4O4S. The lowest BCUT2D eigenvalue weighted by Gasteiger charge is -2.34. The first-order valence-corrected chi connectivity index (χ1v) is 15.8. The highest BCUT2D eigenvalue weighted by atomic mass is 35.5. The molecule has 3 N–H and O–H groups in total. The standard InChI is InChI=1S/C31H35ClN4O4S/c32-25-10-12-26(13-11-25)41(39,40)36-18-17-34-31(38)29(36)20-30(37)35-28-8-4-7-24-19-23(9-14-27(24)28)21-33-16-15-22-5-2-1-3-6-22/h1-3,5-6,9-14,19,28-29,33H,4,7-8,15-18,20-21H2,(H,34,38)(H,35,37)/t28-,29-/m1/s1. The highest BCUT2D eigenvalue weighted by Crippen LogP contribution is 2.31. The lowest BCUT2D eigenvalue weighted by Crippen LogP contribution is -2.58. The number of rotatable bonds is 10. The van der Waals surface area contributed by atoms with Crippen molar-refractivity contribution in [1.82, 2.24) is 20.3 Å². The second-order valence-electron chi connectivity index (χ2n) is 10.5. The van der Waals surface area contributed by atoms with Crippen LogP contribution in [-0.2, 0) is 39.0 Å². The topological polar surface area (TPSA) is 108 Å². The first-order valence-electron chi connectivity index (χ1n) is 14.0. The van der Waals surface area contributed by atoms with Gasteiger partial charge in [-0.2, -0.15) is 4.31 Å². The summed E-state index contributed by atoms with van der Waals surface area (Å²) in [6.45, 7) is 1.93. The van der Waals surface area contributed by atoms with Gasteiger partial charge in [0.15, 0.2) is 0 Å². The van der Waals surface area contributed by atoms with Crippen LogP contribution in [0.3, 0.4) is 0 Å². The number of piperazine rings is 1. The number of carbonyl (C=O) groups excluding carboxylic acids is 2. The largest absolute Gasteiger partial charge is 0.353 e. The van der Waals surface area contributed by atoms with E-state index in [1.54, 1.807) is 0 Å². The van der Waals surface area contributed by atoms with Crippen molar-refractivity contribution < 1.29 is 18.0 Å². The normalized spacial score (nSPS) is 19.3. The number of amides is 2. The number of nitrogens with one attached hydrogen (secondary N) is 3. The van der Waals surface area contributed by atoms with Gasteiger partial charge in [0.25, 0.3) is 0 Å². The lowest BCUT2D eigenvalue weighted by molar-refractivity contribution is -0.132. The Balaban J connectivity index is 1.21. The summed E-state index contributed by atoms with van der Waals surface area (Å²) in [6, 6.07) is 21.3. The van der Waals surface area contributed by atoms with Gasteiger partial charge in [-0.15, -0.1) is 0 Å². The minimum Gasteiger partial charge on any atom is -0.353 e. The average Bonchev–Trinajstić information content (AvgIpc) is 2.97. The first kappa shape index (κ1) is 29.3. The number of carbonyl (C=O) groups is 2. The molecule has 0 spiro atoms. The Labute approximate surface area is 246 Å². The minimum atomic E-state index is -3.99. The molecule has 0 saturated carbocycles. The Morgan fingerprint density at radius 1 is 1.02 bits per heavy atom. The number of fused-ring (bicyclic) bond motifs is 1. The molecule has 41 heavy (non-hydrogen) atoms. The predicted octanol–water partition coefficient (Wildman–Crippen LogP) is 3.75. The summed E-state index contributed by atoms with van der Waals surface area (Å²) in [5.74, 6) is -0.828. The summed E-state index contributed by atoms with van der Waals surface area (Å²) in [6.07, 6.45) is 3.38. The third kappa shape index (κ3) is 7.16. The van der Waals surface area contributed by atoms with E-state index in [-0.39, 0.29) is 36.4 Å². The summed E-state index contributed by atoms with van der Waals surface area (Å²) in [5, 5.41) is 9.71. The van der Waals surface area contributed by atoms with Gasteiger partial charge in [0.1, 0.15) is 6.04 Å². The van der Waals surface area contributed by atoms with Crippen LogP contribution in [-0.4, -0.2) is 50.2 Å². The van der Waals surface area contributed by atoms with Crippen LogP contribution in [0.2, 0.25) is 5.02 Å². The summed E-state index contributed by atoms with van der Waals surface area (Å²) in [7, 11) is -3.99. The zero-order valence-electron chi connectivity index (χ0n) is 22.8. The summed E-state index contributed by atoms with van der Waals surface area (Å²) in [5.41, 5.74) is 4.80. The zero-order chi connectivity index (χ0) is 28.8. The molecule has 0 aromatic heterocycles. The van der Waals surface area contributed by atoms with E-state index >= 15 is 0 Å². The van der Waals surface area contributed by atoms with Gasteiger partial charge in [0.2, 0.25) is 21.8 Å². The SMILES string of the molecule is O=C(C[C@@H]1C(=O)NCCN1S(=O)(=O)c1ccc(Cl)cc1)N[C@@H]1CCCc2cc(CNCCc3ccccc3)ccc21. The molecule has 1 aliphatic carbocycles. The number of hydrogen-bond acceptors (Lipinski definition) is 5. The maximum absolute atomic E-state index is 13.4. The molecule has 8 nitrogen and oxygen atoms in total. The second kappa shape index (κ2) is 13.2. The van der Waals surface area contributed by atoms with Crippen molar-refractivity contribution in [1.29, 1.82) is 0 Å². The Morgan fingerprint density at radius 2 is 1.80 bits per heavy atom. The van der Waals surface area contributed by atoms with Gasteiger partial charge >= 0.3 is 0 Å². The molecule has 1 aliphatic heterocycles. The van der Waals surface area contributed by atoms with Crippen LogP contribution < -0.4 is 16.0 Å². The molecule has 2 amide bonds. The molecule has 0 radical (unpaired) electrons. The number of nitrogens with zero attached hydrogens (tertiary/aromatic N) is 1. The van der Waals surface area contributed by atoms with Gasteiger partial charge in [-0.25, -0.2) is 8.42 Å². The Morgan fingerprint density at radius 3 is 2.59 bits per heavy atom. The van der Waals surface area contributed by atoms with E-state index in [0.717, 1.165) is 48.6 Å². The van der Waals surface area contributed by atoms with E-state index in [1.165, 1.54) is 41.0 Å². The third-order valence-electron chi connectivity index (χ3n) is 7.70. The molecule has 5 rings (SSSR count). The predicted molar refractivity (Wildman–Crippen MR) is 159 cm³/mol. The van der Waals surface area contributed by atoms with Crippen molar-refractivity contribution in [2.24, 2.45) is 0 Å². The fourth-order valence-corrected chi connectivity index (χ4v) is 7.30. The van der Waals surface area contributed by atoms with Gasteiger partial charge < -0.3 is 16.0 Å². The van der Waals surface area contributed by atoms with Crippen LogP contribution in [0.5, 0.6) is 0 Å². The molecule has 3 aromatic carbocycles. The van der Waals surface area contributed by atoms with Crippen LogP contribution >= 0.6 is 11.6 Å². The van der Waals surface area contributed by atoms with Crippen LogP contribution in [0.4, 0.5) is 0 Å². The van der Waals surface area contributed by atoms with Crippen molar-refractivity contribution in [3.63, 3.8) is 0 Å². The highest BCUT2D eigenvalue weighted by Gasteiger charge is 2.40. The highest BCUT2D eigenvalue weighted by molar-refractivity contribution is 7.89. The van der Waals surface area contributed by atoms with Crippen LogP contribution in [0, 0.1) is 0 Å². The minimum absolute atomic E-state index is 0.0357. The van der Waals surface area contributed by atoms with Crippen molar-refractivity contribution in [3.8, 4) is 0 Å². The number of aryl methyl sites for hydroxylation is 1. The number of halogens is 1. The molecule has 216 valence electrons. The average molecular weight is 595 g/mol. The van der Waals surface area contributed by atoms with Gasteiger partial charge in [0, 0.05) is 24.7 Å². The molecule has 0 unspecified atom stereocenters. The van der Waals surface area contributed by atoms with Gasteiger partial charge in [-0.3, -0.25) is 9.59 Å². The molecule has 2 aliphatic rings. The van der Waals surface area contributed by atoms with Gasteiger partial charge in [-0.1, -0.05) is 60.1 Å². The smallest absolute Gasteiger partial charge is 0.243 e. The van der Waals surface area contributed by atoms with Crippen LogP contribution in [0.25, 0.3) is 0 Å². The quantitative estimate of drug-likeness (QED) is 0.310. The van der Waals surface area contributed by atoms with Crippen LogP contribution in [0.15, 0.2) is 77.7 Å². The molecule has 2 atom stereocenters. The number of sulfonamides is 1. The Kier molecular flexibility index (Phi) is 9.39. The van der Waals surface area contributed by atoms with Crippen molar-refractivity contribution in [2.45, 2.75) is 55.6 Å². The molecule has 1 fully saturated rings. The first-order chi connectivity index (χ1) is 19.8. The molecule has 1 heterocycles. The van der Waals surface area contributed by atoms with E-state index in [4.69, 9.17) is 11.6 Å². The van der Waals surface area contributed by atoms with E-state index < -0.39 is 22.0 Å². The number of hydrogen-bond donors (Lipinski definition) is 3. The fraction of sp³-hybridized carbons (Fsp3) is 0.355. The van der Waals surface area contributed by atoms with E-state index in [0.29, 0.717) is 5.02 Å². The molecule has 1 saturated heterocycles. The second-order valence-corrected chi connectivity index (χ2v) is 12.9. The molecular weight excluding hydrogens is 560 g/mol. The van der Waals surface area contributed by atoms with Crippen molar-refractivity contribution in [3.05, 3.63) is 100 Å². The monoisotopic (exact) mass is 594 g/mol. The van der Waals surface area contributed by atoms with E-state index in [9.17, 15) is 18.0 Å². The Hall–Kier alpha value is -3.24. The van der Waals surface area contributed by atoms with Gasteiger partial charge in [0.05, 0.1) is 17.4 Å². The molecule has 0 bridgehead atoms. The number of benzene rings is 3. The third-order valence-corrected chi connectivity index (χ3v) is 9.87. The van der Waals surface area contributed by atoms with E-state index in [1.807, 2.05) is 6.07 Å². The summed E-state index contributed by atoms with van der Waals surface area (Å²) in [4.78, 5) is 26.0.